The Bertz CT molecular complexity index is 918. The molecule has 0 aromatic heterocycles. The number of nitrogens with one attached hydrogen (secondary N) is 2. The van der Waals surface area contributed by atoms with Crippen molar-refractivity contribution in [2.45, 2.75) is 6.54 Å². The minimum absolute atomic E-state index is 0.177. The van der Waals surface area contributed by atoms with Gasteiger partial charge in [0.25, 0.3) is 0 Å². The SMILES string of the molecule is C[NH+]1CC[NH+](Cc2c(O)ccc3c2OC(=Cc2ccccc2Cl)C3=O)CC1. The van der Waals surface area contributed by atoms with Gasteiger partial charge in [0.15, 0.2) is 11.5 Å². The number of carbonyl (C=O) groups excluding carboxylic acids is 1. The predicted molar refractivity (Wildman–Crippen MR) is 104 cm³/mol. The largest absolute Gasteiger partial charge is 0.507 e. The number of carbonyl (C=O) groups is 1. The fraction of sp³-hybridized carbons (Fsp3) is 0.286. The third-order valence-electron chi connectivity index (χ3n) is 5.35. The first-order valence-electron chi connectivity index (χ1n) is 9.21. The number of phenols is 1. The molecule has 4 rings (SSSR count). The van der Waals surface area contributed by atoms with Gasteiger partial charge in [-0.25, -0.2) is 0 Å². The van der Waals surface area contributed by atoms with Crippen LogP contribution in [0.1, 0.15) is 21.5 Å². The zero-order chi connectivity index (χ0) is 19.0. The summed E-state index contributed by atoms with van der Waals surface area (Å²) in [5, 5.41) is 11.0. The molecule has 0 atom stereocenters. The Balaban J connectivity index is 1.64. The number of halogens is 1. The highest BCUT2D eigenvalue weighted by atomic mass is 35.5. The molecular weight excluding hydrogens is 364 g/mol. The molecule has 0 unspecified atom stereocenters. The second-order valence-electron chi connectivity index (χ2n) is 7.29. The lowest BCUT2D eigenvalue weighted by Gasteiger charge is -2.27. The second-order valence-corrected chi connectivity index (χ2v) is 7.69. The summed E-state index contributed by atoms with van der Waals surface area (Å²) in [7, 11) is 2.20. The molecule has 1 fully saturated rings. The Morgan fingerprint density at radius 1 is 1.15 bits per heavy atom. The standard InChI is InChI=1S/C21H21ClN2O3/c1-23-8-10-24(11-9-23)13-16-18(25)7-6-15-20(26)19(27-21(15)16)12-14-4-2-3-5-17(14)22/h2-7,12,25H,8-11,13H2,1H3/p+2. The van der Waals surface area contributed by atoms with Crippen LogP contribution in [0.25, 0.3) is 6.08 Å². The summed E-state index contributed by atoms with van der Waals surface area (Å²) in [6.45, 7) is 4.91. The third kappa shape index (κ3) is 3.58. The number of quaternary nitrogens is 2. The van der Waals surface area contributed by atoms with Gasteiger partial charge in [0.05, 0.1) is 18.2 Å². The summed E-state index contributed by atoms with van der Waals surface area (Å²) in [6.07, 6.45) is 1.66. The third-order valence-corrected chi connectivity index (χ3v) is 5.69. The van der Waals surface area contributed by atoms with Crippen LogP contribution in [0.2, 0.25) is 5.02 Å². The maximum absolute atomic E-state index is 12.8. The molecule has 0 amide bonds. The number of fused-ring (bicyclic) bond motifs is 1. The molecule has 3 N–H and O–H groups in total. The highest BCUT2D eigenvalue weighted by molar-refractivity contribution is 6.32. The minimum atomic E-state index is -0.177. The summed E-state index contributed by atoms with van der Waals surface area (Å²) < 4.78 is 5.93. The maximum atomic E-state index is 12.8. The quantitative estimate of drug-likeness (QED) is 0.676. The number of ketones is 1. The van der Waals surface area contributed by atoms with Gasteiger partial charge in [-0.05, 0) is 29.8 Å². The highest BCUT2D eigenvalue weighted by Crippen LogP contribution is 2.39. The van der Waals surface area contributed by atoms with Crippen molar-refractivity contribution >= 4 is 23.5 Å². The molecule has 140 valence electrons. The van der Waals surface area contributed by atoms with Crippen molar-refractivity contribution in [3.05, 3.63) is 63.9 Å². The van der Waals surface area contributed by atoms with Crippen molar-refractivity contribution in [2.24, 2.45) is 0 Å². The Hall–Kier alpha value is -2.34. The van der Waals surface area contributed by atoms with Crippen LogP contribution in [0.3, 0.4) is 0 Å². The number of likely N-dealkylation sites (N-methyl/N-ethyl adjacent to an activating group) is 1. The number of hydrogen-bond acceptors (Lipinski definition) is 3. The van der Waals surface area contributed by atoms with E-state index < -0.39 is 0 Å². The van der Waals surface area contributed by atoms with Crippen molar-refractivity contribution in [1.29, 1.82) is 0 Å². The lowest BCUT2D eigenvalue weighted by atomic mass is 10.0. The zero-order valence-electron chi connectivity index (χ0n) is 15.2. The van der Waals surface area contributed by atoms with Crippen LogP contribution in [-0.2, 0) is 6.54 Å². The average Bonchev–Trinajstić information content (AvgIpc) is 2.97. The van der Waals surface area contributed by atoms with E-state index in [9.17, 15) is 9.90 Å². The molecule has 5 nitrogen and oxygen atoms in total. The van der Waals surface area contributed by atoms with Crippen molar-refractivity contribution in [3.63, 3.8) is 0 Å². The van der Waals surface area contributed by atoms with Crippen LogP contribution in [-0.4, -0.2) is 44.1 Å². The second kappa shape index (κ2) is 7.35. The van der Waals surface area contributed by atoms with Crippen molar-refractivity contribution < 1.29 is 24.4 Å². The van der Waals surface area contributed by atoms with E-state index in [1.807, 2.05) is 18.2 Å². The molecule has 1 saturated heterocycles. The van der Waals surface area contributed by atoms with Crippen LogP contribution in [0.5, 0.6) is 11.5 Å². The minimum Gasteiger partial charge on any atom is -0.507 e. The Morgan fingerprint density at radius 3 is 2.63 bits per heavy atom. The molecule has 2 heterocycles. The number of benzene rings is 2. The van der Waals surface area contributed by atoms with Gasteiger partial charge in [-0.15, -0.1) is 0 Å². The first kappa shape index (κ1) is 18.0. The number of piperazine rings is 1. The summed E-state index contributed by atoms with van der Waals surface area (Å²) in [5.41, 5.74) is 1.94. The van der Waals surface area contributed by atoms with Crippen LogP contribution < -0.4 is 14.5 Å². The molecule has 0 radical (unpaired) electrons. The van der Waals surface area contributed by atoms with Gasteiger partial charge in [-0.1, -0.05) is 29.8 Å². The zero-order valence-corrected chi connectivity index (χ0v) is 16.0. The van der Waals surface area contributed by atoms with E-state index in [2.05, 4.69) is 7.05 Å². The van der Waals surface area contributed by atoms with E-state index in [1.165, 1.54) is 9.80 Å². The molecule has 2 aliphatic rings. The molecular formula is C21H23ClN2O3+2. The average molecular weight is 387 g/mol. The molecule has 6 heteroatoms. The topological polar surface area (TPSA) is 55.4 Å². The normalized spacial score (nSPS) is 23.3. The lowest BCUT2D eigenvalue weighted by molar-refractivity contribution is -1.01. The van der Waals surface area contributed by atoms with E-state index in [-0.39, 0.29) is 17.3 Å². The summed E-state index contributed by atoms with van der Waals surface area (Å²) in [5.74, 6) is 0.725. The molecule has 0 bridgehead atoms. The summed E-state index contributed by atoms with van der Waals surface area (Å²) in [6, 6.07) is 10.5. The number of ether oxygens (including phenoxy) is 1. The van der Waals surface area contributed by atoms with Crippen molar-refractivity contribution in [2.75, 3.05) is 33.2 Å². The number of hydrogen-bond donors (Lipinski definition) is 3. The number of allylic oxidation sites excluding steroid dienone is 1. The molecule has 0 aliphatic carbocycles. The molecule has 0 saturated carbocycles. The highest BCUT2D eigenvalue weighted by Gasteiger charge is 2.33. The van der Waals surface area contributed by atoms with Gasteiger partial charge in [0.1, 0.15) is 38.5 Å². The van der Waals surface area contributed by atoms with Crippen LogP contribution in [0, 0.1) is 0 Å². The van der Waals surface area contributed by atoms with E-state index in [4.69, 9.17) is 16.3 Å². The van der Waals surface area contributed by atoms with Gasteiger partial charge in [0.2, 0.25) is 5.78 Å². The van der Waals surface area contributed by atoms with E-state index in [0.717, 1.165) is 31.7 Å². The van der Waals surface area contributed by atoms with E-state index in [1.54, 1.807) is 24.3 Å². The van der Waals surface area contributed by atoms with Crippen LogP contribution >= 0.6 is 11.6 Å². The first-order chi connectivity index (χ1) is 13.0. The van der Waals surface area contributed by atoms with Gasteiger partial charge in [0, 0.05) is 5.02 Å². The van der Waals surface area contributed by atoms with E-state index in [0.29, 0.717) is 28.4 Å². The van der Waals surface area contributed by atoms with Gasteiger partial charge in [-0.3, -0.25) is 4.79 Å². The fourth-order valence-corrected chi connectivity index (χ4v) is 3.85. The number of phenolic OH excluding ortho intramolecular Hbond substituents is 1. The van der Waals surface area contributed by atoms with Crippen molar-refractivity contribution in [1.82, 2.24) is 0 Å². The van der Waals surface area contributed by atoms with Crippen LogP contribution in [0.4, 0.5) is 0 Å². The Kier molecular flexibility index (Phi) is 4.91. The smallest absolute Gasteiger partial charge is 0.231 e. The predicted octanol–water partition coefficient (Wildman–Crippen LogP) is 0.575. The molecule has 0 spiro atoms. The number of rotatable bonds is 3. The Labute approximate surface area is 163 Å². The molecule has 2 aromatic rings. The summed E-state index contributed by atoms with van der Waals surface area (Å²) in [4.78, 5) is 15.7. The number of Topliss-reactive ketones (excluding diaryl/α,β-unsaturated/α-hetero) is 1. The first-order valence-corrected chi connectivity index (χ1v) is 9.59. The van der Waals surface area contributed by atoms with Crippen molar-refractivity contribution in [3.8, 4) is 11.5 Å². The molecule has 2 aromatic carbocycles. The van der Waals surface area contributed by atoms with Gasteiger partial charge >= 0.3 is 0 Å². The monoisotopic (exact) mass is 386 g/mol. The maximum Gasteiger partial charge on any atom is 0.231 e. The number of aromatic hydroxyl groups is 1. The van der Waals surface area contributed by atoms with Crippen LogP contribution in [0.15, 0.2) is 42.2 Å². The summed E-state index contributed by atoms with van der Waals surface area (Å²) >= 11 is 6.20. The van der Waals surface area contributed by atoms with Gasteiger partial charge in [-0.2, -0.15) is 0 Å². The molecule has 27 heavy (non-hydrogen) atoms. The van der Waals surface area contributed by atoms with Gasteiger partial charge < -0.3 is 19.6 Å². The molecule has 2 aliphatic heterocycles. The lowest BCUT2D eigenvalue weighted by Crippen LogP contribution is -3.26. The Morgan fingerprint density at radius 2 is 1.89 bits per heavy atom. The van der Waals surface area contributed by atoms with E-state index >= 15 is 0 Å². The fourth-order valence-electron chi connectivity index (χ4n) is 3.66.